The van der Waals surface area contributed by atoms with Gasteiger partial charge in [0, 0.05) is 36.1 Å². The van der Waals surface area contributed by atoms with Crippen molar-refractivity contribution in [3.05, 3.63) is 42.1 Å². The molecule has 0 fully saturated rings. The molecule has 1 atom stereocenters. The van der Waals surface area contributed by atoms with E-state index < -0.39 is 0 Å². The highest BCUT2D eigenvalue weighted by molar-refractivity contribution is 5.58. The number of aryl methyl sites for hydroxylation is 1. The van der Waals surface area contributed by atoms with Crippen LogP contribution in [0, 0.1) is 6.92 Å². The van der Waals surface area contributed by atoms with Crippen molar-refractivity contribution in [2.24, 2.45) is 5.73 Å². The summed E-state index contributed by atoms with van der Waals surface area (Å²) >= 11 is 0. The third kappa shape index (κ3) is 2.71. The molecule has 0 spiro atoms. The van der Waals surface area contributed by atoms with E-state index in [0.717, 1.165) is 29.2 Å². The zero-order chi connectivity index (χ0) is 13.0. The van der Waals surface area contributed by atoms with Gasteiger partial charge in [-0.05, 0) is 31.5 Å². The van der Waals surface area contributed by atoms with Gasteiger partial charge < -0.3 is 5.73 Å². The van der Waals surface area contributed by atoms with E-state index in [4.69, 9.17) is 5.73 Å². The Kier molecular flexibility index (Phi) is 3.99. The van der Waals surface area contributed by atoms with Crippen molar-refractivity contribution >= 4 is 0 Å². The molecule has 4 nitrogen and oxygen atoms in total. The summed E-state index contributed by atoms with van der Waals surface area (Å²) in [5, 5.41) is 0. The lowest BCUT2D eigenvalue weighted by Crippen LogP contribution is -2.15. The number of hydrogen-bond donors (Lipinski definition) is 1. The Morgan fingerprint density at radius 3 is 2.56 bits per heavy atom. The molecule has 2 N–H and O–H groups in total. The van der Waals surface area contributed by atoms with E-state index in [-0.39, 0.29) is 5.92 Å². The maximum Gasteiger partial charge on any atom is 0.133 e. The minimum absolute atomic E-state index is 0.227. The van der Waals surface area contributed by atoms with Crippen LogP contribution in [0.5, 0.6) is 0 Å². The first kappa shape index (κ1) is 12.6. The first-order valence-electron chi connectivity index (χ1n) is 6.20. The summed E-state index contributed by atoms with van der Waals surface area (Å²) in [5.74, 6) is 1.07. The minimum Gasteiger partial charge on any atom is -0.330 e. The second kappa shape index (κ2) is 5.69. The molecule has 2 aromatic heterocycles. The molecule has 2 rings (SSSR count). The highest BCUT2D eigenvalue weighted by Crippen LogP contribution is 2.21. The quantitative estimate of drug-likeness (QED) is 0.893. The largest absolute Gasteiger partial charge is 0.330 e. The molecule has 0 aromatic carbocycles. The van der Waals surface area contributed by atoms with Crippen LogP contribution >= 0.6 is 0 Å². The lowest BCUT2D eigenvalue weighted by atomic mass is 10.1. The van der Waals surface area contributed by atoms with Crippen molar-refractivity contribution in [2.75, 3.05) is 6.54 Å². The molecule has 2 heterocycles. The Balaban J connectivity index is 2.44. The Hall–Kier alpha value is -1.81. The van der Waals surface area contributed by atoms with Crippen molar-refractivity contribution in [3.8, 4) is 11.3 Å². The van der Waals surface area contributed by atoms with Gasteiger partial charge in [-0.25, -0.2) is 9.97 Å². The van der Waals surface area contributed by atoms with Gasteiger partial charge in [0.25, 0.3) is 0 Å². The van der Waals surface area contributed by atoms with Gasteiger partial charge >= 0.3 is 0 Å². The van der Waals surface area contributed by atoms with Crippen LogP contribution in [0.4, 0.5) is 0 Å². The third-order valence-electron chi connectivity index (χ3n) is 2.99. The number of rotatable bonds is 4. The summed E-state index contributed by atoms with van der Waals surface area (Å²) in [6, 6.07) is 5.89. The van der Waals surface area contributed by atoms with Crippen molar-refractivity contribution in [2.45, 2.75) is 26.2 Å². The van der Waals surface area contributed by atoms with Gasteiger partial charge in [0.1, 0.15) is 5.82 Å². The molecule has 18 heavy (non-hydrogen) atoms. The van der Waals surface area contributed by atoms with Crippen LogP contribution in [0.25, 0.3) is 11.3 Å². The first-order chi connectivity index (χ1) is 8.74. The monoisotopic (exact) mass is 242 g/mol. The number of nitrogens with zero attached hydrogens (tertiary/aromatic N) is 3. The fourth-order valence-corrected chi connectivity index (χ4v) is 1.90. The van der Waals surface area contributed by atoms with Gasteiger partial charge in [-0.1, -0.05) is 6.92 Å². The molecule has 0 saturated heterocycles. The average Bonchev–Trinajstić information content (AvgIpc) is 2.40. The molecule has 0 aliphatic heterocycles. The average molecular weight is 242 g/mol. The van der Waals surface area contributed by atoms with Gasteiger partial charge in [-0.15, -0.1) is 0 Å². The molecule has 0 amide bonds. The third-order valence-corrected chi connectivity index (χ3v) is 2.99. The normalized spacial score (nSPS) is 12.4. The Morgan fingerprint density at radius 2 is 1.94 bits per heavy atom. The van der Waals surface area contributed by atoms with Gasteiger partial charge in [0.15, 0.2) is 0 Å². The Labute approximate surface area is 107 Å². The predicted octanol–water partition coefficient (Wildman–Crippen LogP) is 2.30. The summed E-state index contributed by atoms with van der Waals surface area (Å²) in [4.78, 5) is 13.1. The SMILES string of the molecule is CCC(CN)c1nc(C)cc(-c2ccncc2)n1. The van der Waals surface area contributed by atoms with Gasteiger partial charge in [-0.3, -0.25) is 4.98 Å². The van der Waals surface area contributed by atoms with Crippen LogP contribution < -0.4 is 5.73 Å². The summed E-state index contributed by atoms with van der Waals surface area (Å²) in [5.41, 5.74) is 8.73. The molecule has 0 saturated carbocycles. The zero-order valence-electron chi connectivity index (χ0n) is 10.8. The number of nitrogens with two attached hydrogens (primary N) is 1. The van der Waals surface area contributed by atoms with Crippen molar-refractivity contribution in [1.29, 1.82) is 0 Å². The summed E-state index contributed by atoms with van der Waals surface area (Å²) < 4.78 is 0. The molecule has 0 bridgehead atoms. The molecule has 0 aliphatic carbocycles. The van der Waals surface area contributed by atoms with Crippen LogP contribution in [0.2, 0.25) is 0 Å². The van der Waals surface area contributed by atoms with Crippen LogP contribution in [0.15, 0.2) is 30.6 Å². The topological polar surface area (TPSA) is 64.7 Å². The molecular formula is C14H18N4. The van der Waals surface area contributed by atoms with Crippen molar-refractivity contribution in [1.82, 2.24) is 15.0 Å². The molecule has 1 unspecified atom stereocenters. The highest BCUT2D eigenvalue weighted by Gasteiger charge is 2.12. The fraction of sp³-hybridized carbons (Fsp3) is 0.357. The van der Waals surface area contributed by atoms with Crippen LogP contribution in [0.1, 0.15) is 30.8 Å². The van der Waals surface area contributed by atoms with Crippen LogP contribution in [-0.4, -0.2) is 21.5 Å². The maximum absolute atomic E-state index is 5.76. The second-order valence-corrected chi connectivity index (χ2v) is 4.33. The van der Waals surface area contributed by atoms with E-state index in [1.807, 2.05) is 25.1 Å². The standard InChI is InChI=1S/C14H18N4/c1-3-11(9-15)14-17-10(2)8-13(18-14)12-4-6-16-7-5-12/h4-8,11H,3,9,15H2,1-2H3. The van der Waals surface area contributed by atoms with E-state index in [9.17, 15) is 0 Å². The van der Waals surface area contributed by atoms with E-state index in [2.05, 4.69) is 21.9 Å². The van der Waals surface area contributed by atoms with E-state index in [1.54, 1.807) is 12.4 Å². The molecule has 94 valence electrons. The van der Waals surface area contributed by atoms with E-state index >= 15 is 0 Å². The first-order valence-corrected chi connectivity index (χ1v) is 6.20. The molecule has 0 aliphatic rings. The zero-order valence-corrected chi connectivity index (χ0v) is 10.8. The van der Waals surface area contributed by atoms with E-state index in [1.165, 1.54) is 0 Å². The molecule has 4 heteroatoms. The maximum atomic E-state index is 5.76. The highest BCUT2D eigenvalue weighted by atomic mass is 14.9. The minimum atomic E-state index is 0.227. The number of hydrogen-bond acceptors (Lipinski definition) is 4. The smallest absolute Gasteiger partial charge is 0.133 e. The summed E-state index contributed by atoms with van der Waals surface area (Å²) in [6.07, 6.45) is 4.50. The number of aromatic nitrogens is 3. The summed E-state index contributed by atoms with van der Waals surface area (Å²) in [7, 11) is 0. The number of pyridine rings is 1. The molecular weight excluding hydrogens is 224 g/mol. The molecule has 2 aromatic rings. The van der Waals surface area contributed by atoms with Crippen LogP contribution in [0.3, 0.4) is 0 Å². The van der Waals surface area contributed by atoms with Crippen molar-refractivity contribution < 1.29 is 0 Å². The van der Waals surface area contributed by atoms with Gasteiger partial charge in [-0.2, -0.15) is 0 Å². The fourth-order valence-electron chi connectivity index (χ4n) is 1.90. The Bertz CT molecular complexity index is 506. The predicted molar refractivity (Wildman–Crippen MR) is 72.1 cm³/mol. The van der Waals surface area contributed by atoms with Crippen LogP contribution in [-0.2, 0) is 0 Å². The van der Waals surface area contributed by atoms with Crippen molar-refractivity contribution in [3.63, 3.8) is 0 Å². The Morgan fingerprint density at radius 1 is 1.22 bits per heavy atom. The lowest BCUT2D eigenvalue weighted by Gasteiger charge is -2.13. The summed E-state index contributed by atoms with van der Waals surface area (Å²) in [6.45, 7) is 4.67. The lowest BCUT2D eigenvalue weighted by molar-refractivity contribution is 0.628. The second-order valence-electron chi connectivity index (χ2n) is 4.33. The van der Waals surface area contributed by atoms with Gasteiger partial charge in [0.2, 0.25) is 0 Å². The molecule has 0 radical (unpaired) electrons. The van der Waals surface area contributed by atoms with E-state index in [0.29, 0.717) is 6.54 Å². The van der Waals surface area contributed by atoms with Gasteiger partial charge in [0.05, 0.1) is 5.69 Å².